The number of fused-ring (bicyclic) bond motifs is 2. The molecule has 0 amide bonds. The summed E-state index contributed by atoms with van der Waals surface area (Å²) in [6.07, 6.45) is 4.47. The number of allylic oxidation sites excluding steroid dienone is 1. The van der Waals surface area contributed by atoms with Gasteiger partial charge in [0.05, 0.1) is 12.7 Å². The van der Waals surface area contributed by atoms with Gasteiger partial charge in [0.1, 0.15) is 30.1 Å². The second-order valence-corrected chi connectivity index (χ2v) is 8.16. The van der Waals surface area contributed by atoms with E-state index in [1.807, 2.05) is 6.07 Å². The first-order chi connectivity index (χ1) is 14.1. The van der Waals surface area contributed by atoms with Gasteiger partial charge in [-0.2, -0.15) is 0 Å². The number of aryl methyl sites for hydroxylation is 1. The number of hydrogen-bond acceptors (Lipinski definition) is 6. The number of hydrogen-bond donors (Lipinski definition) is 1. The molecule has 29 heavy (non-hydrogen) atoms. The van der Waals surface area contributed by atoms with Gasteiger partial charge in [-0.25, -0.2) is 10.0 Å². The second-order valence-electron chi connectivity index (χ2n) is 8.16. The molecule has 1 N–H and O–H groups in total. The molecule has 1 aliphatic carbocycles. The van der Waals surface area contributed by atoms with E-state index in [4.69, 9.17) is 14.5 Å². The van der Waals surface area contributed by atoms with Crippen LogP contribution in [-0.2, 0) is 4.74 Å². The van der Waals surface area contributed by atoms with E-state index in [1.165, 1.54) is 35.4 Å². The molecule has 0 spiro atoms. The van der Waals surface area contributed by atoms with Crippen molar-refractivity contribution in [2.75, 3.05) is 26.8 Å². The first-order valence-electron chi connectivity index (χ1n) is 10.4. The molecular formula is C23H28N4O2. The van der Waals surface area contributed by atoms with Crippen LogP contribution < -0.4 is 10.2 Å². The van der Waals surface area contributed by atoms with E-state index in [2.05, 4.69) is 48.2 Å². The molecule has 0 atom stereocenters. The number of nitrogens with zero attached hydrogens (tertiary/aromatic N) is 3. The molecule has 1 fully saturated rings. The molecule has 4 aliphatic rings. The number of rotatable bonds is 6. The summed E-state index contributed by atoms with van der Waals surface area (Å²) in [7, 11) is 1.70. The van der Waals surface area contributed by atoms with E-state index in [9.17, 15) is 0 Å². The van der Waals surface area contributed by atoms with Crippen LogP contribution in [0.2, 0.25) is 0 Å². The lowest BCUT2D eigenvalue weighted by molar-refractivity contribution is 0.232. The Hall–Kier alpha value is -2.89. The zero-order valence-corrected chi connectivity index (χ0v) is 17.6. The third-order valence-electron chi connectivity index (χ3n) is 6.09. The van der Waals surface area contributed by atoms with Gasteiger partial charge in [0.15, 0.2) is 5.84 Å². The molecule has 0 saturated heterocycles. The standard InChI is InChI=1S/C23H28N4O2/c1-5-26(11-16-6-7-16)23-19-12-29-13-20(19)24-22-21(15(3)25-27(22)23)18-9-8-17(28-4)10-14(18)2/h8-10,13,16,25H,5-7,11-12H2,1-4H3. The lowest BCUT2D eigenvalue weighted by Crippen LogP contribution is -2.46. The Balaban J connectivity index is 1.57. The van der Waals surface area contributed by atoms with Gasteiger partial charge in [0.25, 0.3) is 0 Å². The number of nitrogens with one attached hydrogen (secondary N) is 1. The van der Waals surface area contributed by atoms with Crippen molar-refractivity contribution in [3.8, 4) is 5.75 Å². The van der Waals surface area contributed by atoms with E-state index in [1.54, 1.807) is 13.4 Å². The fourth-order valence-corrected chi connectivity index (χ4v) is 4.36. The maximum atomic E-state index is 5.68. The summed E-state index contributed by atoms with van der Waals surface area (Å²) in [5.74, 6) is 3.81. The van der Waals surface area contributed by atoms with Crippen molar-refractivity contribution in [1.29, 1.82) is 0 Å². The Labute approximate surface area is 172 Å². The van der Waals surface area contributed by atoms with Crippen LogP contribution in [-0.4, -0.2) is 42.6 Å². The molecule has 0 aromatic heterocycles. The average Bonchev–Trinajstić information content (AvgIpc) is 3.32. The van der Waals surface area contributed by atoms with Crippen molar-refractivity contribution in [2.24, 2.45) is 10.9 Å². The third kappa shape index (κ3) is 2.98. The Morgan fingerprint density at radius 2 is 2.14 bits per heavy atom. The van der Waals surface area contributed by atoms with Crippen molar-refractivity contribution < 1.29 is 9.47 Å². The molecular weight excluding hydrogens is 364 g/mol. The summed E-state index contributed by atoms with van der Waals surface area (Å²) in [5.41, 5.74) is 10.3. The monoisotopic (exact) mass is 392 g/mol. The predicted molar refractivity (Wildman–Crippen MR) is 114 cm³/mol. The minimum Gasteiger partial charge on any atom is -0.497 e. The summed E-state index contributed by atoms with van der Waals surface area (Å²) in [6.45, 7) is 9.10. The van der Waals surface area contributed by atoms with Crippen molar-refractivity contribution in [1.82, 2.24) is 15.3 Å². The highest BCUT2D eigenvalue weighted by Crippen LogP contribution is 2.40. The van der Waals surface area contributed by atoms with Gasteiger partial charge in [-0.15, -0.1) is 0 Å². The Morgan fingerprint density at radius 3 is 2.83 bits per heavy atom. The lowest BCUT2D eigenvalue weighted by atomic mass is 9.97. The molecule has 1 aromatic carbocycles. The van der Waals surface area contributed by atoms with Crippen LogP contribution in [0.1, 0.15) is 37.8 Å². The first-order valence-corrected chi connectivity index (χ1v) is 10.4. The molecule has 0 radical (unpaired) electrons. The van der Waals surface area contributed by atoms with Crippen molar-refractivity contribution >= 4 is 11.4 Å². The van der Waals surface area contributed by atoms with Gasteiger partial charge in [0.2, 0.25) is 0 Å². The van der Waals surface area contributed by atoms with Gasteiger partial charge < -0.3 is 14.4 Å². The molecule has 6 nitrogen and oxygen atoms in total. The van der Waals surface area contributed by atoms with Crippen molar-refractivity contribution in [3.05, 3.63) is 58.4 Å². The van der Waals surface area contributed by atoms with Crippen LogP contribution in [0.25, 0.3) is 5.57 Å². The van der Waals surface area contributed by atoms with E-state index in [0.29, 0.717) is 6.61 Å². The quantitative estimate of drug-likeness (QED) is 0.798. The molecule has 5 rings (SSSR count). The predicted octanol–water partition coefficient (Wildman–Crippen LogP) is 3.78. The highest BCUT2D eigenvalue weighted by atomic mass is 16.5. The fourth-order valence-electron chi connectivity index (χ4n) is 4.36. The van der Waals surface area contributed by atoms with Crippen LogP contribution in [0.5, 0.6) is 5.75 Å². The molecule has 0 unspecified atom stereocenters. The third-order valence-corrected chi connectivity index (χ3v) is 6.09. The fraction of sp³-hybridized carbons (Fsp3) is 0.435. The SMILES string of the molecule is CCN(CC1CC1)C1=C2COC=C2N=C2C(c3ccc(OC)cc3C)=C(C)NN21. The lowest BCUT2D eigenvalue weighted by Gasteiger charge is -2.37. The van der Waals surface area contributed by atoms with Crippen LogP contribution in [0.15, 0.2) is 52.2 Å². The smallest absolute Gasteiger partial charge is 0.163 e. The zero-order valence-electron chi connectivity index (χ0n) is 17.6. The number of methoxy groups -OCH3 is 1. The van der Waals surface area contributed by atoms with E-state index >= 15 is 0 Å². The summed E-state index contributed by atoms with van der Waals surface area (Å²) < 4.78 is 11.1. The second kappa shape index (κ2) is 6.87. The number of ether oxygens (including phenoxy) is 2. The number of benzene rings is 1. The topological polar surface area (TPSA) is 49.3 Å². The van der Waals surface area contributed by atoms with Crippen molar-refractivity contribution in [3.63, 3.8) is 0 Å². The molecule has 3 heterocycles. The minimum absolute atomic E-state index is 0.580. The molecule has 6 heteroatoms. The van der Waals surface area contributed by atoms with Gasteiger partial charge in [0, 0.05) is 24.4 Å². The van der Waals surface area contributed by atoms with Crippen LogP contribution in [0, 0.1) is 12.8 Å². The van der Waals surface area contributed by atoms with Gasteiger partial charge in [-0.1, -0.05) is 6.07 Å². The highest BCUT2D eigenvalue weighted by Gasteiger charge is 2.40. The van der Waals surface area contributed by atoms with Crippen molar-refractivity contribution in [2.45, 2.75) is 33.6 Å². The molecule has 1 saturated carbocycles. The summed E-state index contributed by atoms with van der Waals surface area (Å²) >= 11 is 0. The summed E-state index contributed by atoms with van der Waals surface area (Å²) in [4.78, 5) is 7.48. The Kier molecular flexibility index (Phi) is 4.30. The number of aliphatic imine (C=N–C) groups is 1. The molecule has 0 bridgehead atoms. The van der Waals surface area contributed by atoms with E-state index in [0.717, 1.165) is 47.6 Å². The molecule has 1 aromatic rings. The highest BCUT2D eigenvalue weighted by molar-refractivity contribution is 6.26. The maximum absolute atomic E-state index is 5.68. The van der Waals surface area contributed by atoms with Crippen LogP contribution in [0.3, 0.4) is 0 Å². The zero-order chi connectivity index (χ0) is 20.1. The molecule has 3 aliphatic heterocycles. The first kappa shape index (κ1) is 18.2. The number of amidine groups is 1. The van der Waals surface area contributed by atoms with Gasteiger partial charge >= 0.3 is 0 Å². The normalized spacial score (nSPS) is 20.1. The largest absolute Gasteiger partial charge is 0.497 e. The summed E-state index contributed by atoms with van der Waals surface area (Å²) in [6, 6.07) is 6.22. The Bertz CT molecular complexity index is 985. The average molecular weight is 393 g/mol. The van der Waals surface area contributed by atoms with E-state index in [-0.39, 0.29) is 0 Å². The van der Waals surface area contributed by atoms with Crippen LogP contribution >= 0.6 is 0 Å². The molecule has 152 valence electrons. The maximum Gasteiger partial charge on any atom is 0.163 e. The van der Waals surface area contributed by atoms with Crippen LogP contribution in [0.4, 0.5) is 0 Å². The Morgan fingerprint density at radius 1 is 1.31 bits per heavy atom. The minimum atomic E-state index is 0.580. The number of hydrazine groups is 1. The van der Waals surface area contributed by atoms with E-state index < -0.39 is 0 Å². The van der Waals surface area contributed by atoms with Gasteiger partial charge in [-0.3, -0.25) is 5.43 Å². The summed E-state index contributed by atoms with van der Waals surface area (Å²) in [5, 5.41) is 2.17. The van der Waals surface area contributed by atoms with Gasteiger partial charge in [-0.05, 0) is 62.8 Å².